The van der Waals surface area contributed by atoms with Gasteiger partial charge in [-0.05, 0) is 59.3 Å². The van der Waals surface area contributed by atoms with Crippen molar-refractivity contribution in [2.45, 2.75) is 103 Å². The Labute approximate surface area is 142 Å². The Kier molecular flexibility index (Phi) is 7.79. The predicted octanol–water partition coefficient (Wildman–Crippen LogP) is 5.30. The molecule has 0 unspecified atom stereocenters. The van der Waals surface area contributed by atoms with E-state index in [1.54, 1.807) is 0 Å². The summed E-state index contributed by atoms with van der Waals surface area (Å²) in [6.07, 6.45) is 12.2. The number of unbranched alkanes of at least 4 members (excludes halogenated alkanes) is 6. The fourth-order valence-corrected chi connectivity index (χ4v) is 4.15. The maximum atomic E-state index is 11.7. The van der Waals surface area contributed by atoms with Crippen molar-refractivity contribution in [3.05, 3.63) is 11.6 Å². The van der Waals surface area contributed by atoms with E-state index in [-0.39, 0.29) is 17.0 Å². The van der Waals surface area contributed by atoms with Crippen LogP contribution in [0, 0.1) is 5.92 Å². The van der Waals surface area contributed by atoms with Crippen LogP contribution >= 0.6 is 0 Å². The summed E-state index contributed by atoms with van der Waals surface area (Å²) in [5.41, 5.74) is 0.614. The number of nitrogens with one attached hydrogen (secondary N) is 1. The number of carboxylic acids is 1. The van der Waals surface area contributed by atoms with Gasteiger partial charge in [0.2, 0.25) is 0 Å². The van der Waals surface area contributed by atoms with Crippen molar-refractivity contribution in [1.29, 1.82) is 0 Å². The van der Waals surface area contributed by atoms with Gasteiger partial charge >= 0.3 is 5.97 Å². The van der Waals surface area contributed by atoms with Gasteiger partial charge in [-0.15, -0.1) is 0 Å². The first kappa shape index (κ1) is 20.2. The molecule has 134 valence electrons. The van der Waals surface area contributed by atoms with Crippen LogP contribution in [0.25, 0.3) is 0 Å². The second-order valence-electron chi connectivity index (χ2n) is 8.52. The van der Waals surface area contributed by atoms with Crippen LogP contribution in [-0.4, -0.2) is 22.2 Å². The van der Waals surface area contributed by atoms with E-state index in [1.165, 1.54) is 32.1 Å². The number of hydrogen-bond acceptors (Lipinski definition) is 2. The summed E-state index contributed by atoms with van der Waals surface area (Å²) >= 11 is 0. The lowest BCUT2D eigenvalue weighted by Crippen LogP contribution is -2.58. The molecule has 0 bridgehead atoms. The molecule has 0 radical (unpaired) electrons. The van der Waals surface area contributed by atoms with Crippen LogP contribution in [0.15, 0.2) is 11.6 Å². The third-order valence-electron chi connectivity index (χ3n) is 4.80. The summed E-state index contributed by atoms with van der Waals surface area (Å²) in [7, 11) is 0. The molecule has 1 aliphatic rings. The van der Waals surface area contributed by atoms with Gasteiger partial charge in [0, 0.05) is 16.7 Å². The van der Waals surface area contributed by atoms with Crippen LogP contribution < -0.4 is 5.32 Å². The number of carboxylic acid groups (broad SMARTS) is 1. The lowest BCUT2D eigenvalue weighted by Gasteiger charge is -2.46. The molecule has 0 amide bonds. The zero-order valence-electron chi connectivity index (χ0n) is 15.9. The summed E-state index contributed by atoms with van der Waals surface area (Å²) in [6.45, 7) is 10.9. The van der Waals surface area contributed by atoms with Crippen LogP contribution in [0.4, 0.5) is 0 Å². The van der Waals surface area contributed by atoms with E-state index in [0.717, 1.165) is 25.7 Å². The van der Waals surface area contributed by atoms with Crippen molar-refractivity contribution in [2.24, 2.45) is 5.92 Å². The molecule has 0 aromatic heterocycles. The maximum Gasteiger partial charge on any atom is 0.331 e. The van der Waals surface area contributed by atoms with Crippen LogP contribution in [0.3, 0.4) is 0 Å². The van der Waals surface area contributed by atoms with Gasteiger partial charge in [0.15, 0.2) is 0 Å². The van der Waals surface area contributed by atoms with Crippen molar-refractivity contribution in [3.63, 3.8) is 0 Å². The summed E-state index contributed by atoms with van der Waals surface area (Å²) in [5.74, 6) is -0.576. The second-order valence-corrected chi connectivity index (χ2v) is 8.52. The second kappa shape index (κ2) is 8.86. The Hall–Kier alpha value is -0.830. The lowest BCUT2D eigenvalue weighted by molar-refractivity contribution is -0.133. The molecule has 3 heteroatoms. The Balaban J connectivity index is 2.60. The minimum absolute atomic E-state index is 0.0128. The van der Waals surface area contributed by atoms with Gasteiger partial charge in [0.25, 0.3) is 0 Å². The zero-order chi connectivity index (χ0) is 17.5. The molecule has 0 atom stereocenters. The third kappa shape index (κ3) is 7.52. The predicted molar refractivity (Wildman–Crippen MR) is 97.7 cm³/mol. The number of allylic oxidation sites excluding steroid dienone is 1. The first-order valence-corrected chi connectivity index (χ1v) is 9.39. The maximum absolute atomic E-state index is 11.7. The topological polar surface area (TPSA) is 49.3 Å². The van der Waals surface area contributed by atoms with Crippen LogP contribution in [0.1, 0.15) is 92.4 Å². The van der Waals surface area contributed by atoms with Crippen LogP contribution in [-0.2, 0) is 4.79 Å². The highest BCUT2D eigenvalue weighted by molar-refractivity contribution is 5.87. The third-order valence-corrected chi connectivity index (χ3v) is 4.80. The van der Waals surface area contributed by atoms with E-state index >= 15 is 0 Å². The highest BCUT2D eigenvalue weighted by Gasteiger charge is 2.40. The first-order chi connectivity index (χ1) is 10.7. The number of carbonyl (C=O) groups is 1. The molecular formula is C20H37NO2. The van der Waals surface area contributed by atoms with Crippen molar-refractivity contribution in [3.8, 4) is 0 Å². The molecule has 0 saturated carbocycles. The molecule has 1 heterocycles. The summed E-state index contributed by atoms with van der Waals surface area (Å²) in [5, 5.41) is 13.3. The standard InChI is InChI=1S/C20H37NO2/c1-6-7-8-9-10-11-12-13-17(18(22)23)16-14-19(2,3)21-20(4,5)15-16/h13,16,21H,6-12,14-15H2,1-5H3,(H,22,23). The SMILES string of the molecule is CCCCCCCCC=C(C(=O)O)C1CC(C)(C)NC(C)(C)C1. The first-order valence-electron chi connectivity index (χ1n) is 9.39. The molecule has 0 aliphatic carbocycles. The normalized spacial score (nSPS) is 21.3. The summed E-state index contributed by atoms with van der Waals surface area (Å²) in [6, 6.07) is 0. The summed E-state index contributed by atoms with van der Waals surface area (Å²) < 4.78 is 0. The van der Waals surface area contributed by atoms with E-state index in [4.69, 9.17) is 0 Å². The molecular weight excluding hydrogens is 286 g/mol. The van der Waals surface area contributed by atoms with Gasteiger partial charge in [-0.2, -0.15) is 0 Å². The molecule has 0 spiro atoms. The fraction of sp³-hybridized carbons (Fsp3) is 0.850. The fourth-order valence-electron chi connectivity index (χ4n) is 4.15. The molecule has 1 aliphatic heterocycles. The van der Waals surface area contributed by atoms with Crippen LogP contribution in [0.2, 0.25) is 0 Å². The number of piperidine rings is 1. The Morgan fingerprint density at radius 1 is 1.04 bits per heavy atom. The van der Waals surface area contributed by atoms with Gasteiger partial charge in [-0.3, -0.25) is 0 Å². The largest absolute Gasteiger partial charge is 0.478 e. The van der Waals surface area contributed by atoms with Crippen molar-refractivity contribution in [1.82, 2.24) is 5.32 Å². The minimum atomic E-state index is -0.727. The van der Waals surface area contributed by atoms with E-state index in [2.05, 4.69) is 39.9 Å². The van der Waals surface area contributed by atoms with Crippen molar-refractivity contribution in [2.75, 3.05) is 0 Å². The van der Waals surface area contributed by atoms with Gasteiger partial charge in [0.05, 0.1) is 0 Å². The molecule has 2 N–H and O–H groups in total. The van der Waals surface area contributed by atoms with Crippen molar-refractivity contribution >= 4 is 5.97 Å². The van der Waals surface area contributed by atoms with Crippen molar-refractivity contribution < 1.29 is 9.90 Å². The average Bonchev–Trinajstić information content (AvgIpc) is 2.37. The molecule has 1 fully saturated rings. The smallest absolute Gasteiger partial charge is 0.331 e. The highest BCUT2D eigenvalue weighted by atomic mass is 16.4. The highest BCUT2D eigenvalue weighted by Crippen LogP contribution is 2.37. The Bertz CT molecular complexity index is 394. The zero-order valence-corrected chi connectivity index (χ0v) is 15.9. The Morgan fingerprint density at radius 3 is 2.09 bits per heavy atom. The number of hydrogen-bond donors (Lipinski definition) is 2. The monoisotopic (exact) mass is 323 g/mol. The molecule has 3 nitrogen and oxygen atoms in total. The van der Waals surface area contributed by atoms with E-state index in [1.807, 2.05) is 6.08 Å². The quantitative estimate of drug-likeness (QED) is 0.447. The van der Waals surface area contributed by atoms with Crippen LogP contribution in [0.5, 0.6) is 0 Å². The van der Waals surface area contributed by atoms with Gasteiger partial charge in [-0.1, -0.05) is 45.1 Å². The summed E-state index contributed by atoms with van der Waals surface area (Å²) in [4.78, 5) is 11.7. The molecule has 1 saturated heterocycles. The van der Waals surface area contributed by atoms with Gasteiger partial charge in [-0.25, -0.2) is 4.79 Å². The molecule has 1 rings (SSSR count). The lowest BCUT2D eigenvalue weighted by atomic mass is 9.72. The van der Waals surface area contributed by atoms with E-state index in [0.29, 0.717) is 5.57 Å². The van der Waals surface area contributed by atoms with Gasteiger partial charge < -0.3 is 10.4 Å². The molecule has 23 heavy (non-hydrogen) atoms. The Morgan fingerprint density at radius 2 is 1.57 bits per heavy atom. The molecule has 0 aromatic rings. The number of aliphatic carboxylic acids is 1. The minimum Gasteiger partial charge on any atom is -0.478 e. The van der Waals surface area contributed by atoms with E-state index in [9.17, 15) is 9.90 Å². The van der Waals surface area contributed by atoms with Gasteiger partial charge in [0.1, 0.15) is 0 Å². The number of rotatable bonds is 9. The van der Waals surface area contributed by atoms with E-state index < -0.39 is 5.97 Å². The average molecular weight is 324 g/mol. The molecule has 0 aromatic carbocycles.